The lowest BCUT2D eigenvalue weighted by Crippen LogP contribution is -1.99. The van der Waals surface area contributed by atoms with E-state index in [1.54, 1.807) is 37.3 Å². The van der Waals surface area contributed by atoms with E-state index < -0.39 is 7.82 Å². The van der Waals surface area contributed by atoms with E-state index in [4.69, 9.17) is 4.89 Å². The van der Waals surface area contributed by atoms with Gasteiger partial charge >= 0.3 is 7.82 Å². The second-order valence-corrected chi connectivity index (χ2v) is 3.66. The van der Waals surface area contributed by atoms with Crippen LogP contribution in [0, 0.1) is 0 Å². The first-order valence-corrected chi connectivity index (χ1v) is 5.69. The van der Waals surface area contributed by atoms with Gasteiger partial charge in [0.1, 0.15) is 0 Å². The summed E-state index contributed by atoms with van der Waals surface area (Å²) in [7, 11) is -4.32. The molecule has 0 aromatic heterocycles. The van der Waals surface area contributed by atoms with Crippen LogP contribution in [0.3, 0.4) is 0 Å². The van der Waals surface area contributed by atoms with E-state index >= 15 is 0 Å². The quantitative estimate of drug-likeness (QED) is 0.461. The van der Waals surface area contributed by atoms with Gasteiger partial charge in [-0.3, -0.25) is 4.89 Å². The molecular formula is C8H11O6P. The summed E-state index contributed by atoms with van der Waals surface area (Å²) in [5.41, 5.74) is 0. The highest BCUT2D eigenvalue weighted by Crippen LogP contribution is 2.43. The first-order valence-electron chi connectivity index (χ1n) is 4.19. The van der Waals surface area contributed by atoms with E-state index in [1.807, 2.05) is 0 Å². The van der Waals surface area contributed by atoms with Gasteiger partial charge in [-0.1, -0.05) is 22.9 Å². The van der Waals surface area contributed by atoms with E-state index in [0.717, 1.165) is 0 Å². The fraction of sp³-hybridized carbons (Fsp3) is 0.250. The first-order chi connectivity index (χ1) is 7.14. The van der Waals surface area contributed by atoms with Crippen molar-refractivity contribution < 1.29 is 28.6 Å². The molecule has 0 heterocycles. The van der Waals surface area contributed by atoms with E-state index in [0.29, 0.717) is 0 Å². The van der Waals surface area contributed by atoms with Crippen LogP contribution in [0.5, 0.6) is 5.75 Å². The molecule has 7 heteroatoms. The SMILES string of the molecule is CCOOP(=O)(O)OOc1ccccc1. The van der Waals surface area contributed by atoms with Gasteiger partial charge in [0.2, 0.25) is 0 Å². The van der Waals surface area contributed by atoms with E-state index in [-0.39, 0.29) is 12.4 Å². The molecule has 84 valence electrons. The van der Waals surface area contributed by atoms with Gasteiger partial charge in [0, 0.05) is 0 Å². The topological polar surface area (TPSA) is 74.2 Å². The molecule has 15 heavy (non-hydrogen) atoms. The molecule has 0 spiro atoms. The van der Waals surface area contributed by atoms with Gasteiger partial charge in [0.15, 0.2) is 5.75 Å². The van der Waals surface area contributed by atoms with Gasteiger partial charge in [-0.25, -0.2) is 9.45 Å². The van der Waals surface area contributed by atoms with Crippen molar-refractivity contribution in [3.63, 3.8) is 0 Å². The lowest BCUT2D eigenvalue weighted by atomic mass is 10.3. The van der Waals surface area contributed by atoms with Crippen molar-refractivity contribution in [3.8, 4) is 5.75 Å². The number of phosphoric acid groups is 1. The fourth-order valence-electron chi connectivity index (χ4n) is 0.698. The summed E-state index contributed by atoms with van der Waals surface area (Å²) in [4.78, 5) is 17.8. The van der Waals surface area contributed by atoms with Crippen LogP contribution >= 0.6 is 7.82 Å². The number of benzene rings is 1. The van der Waals surface area contributed by atoms with Crippen molar-refractivity contribution in [2.24, 2.45) is 0 Å². The minimum atomic E-state index is -4.32. The Balaban J connectivity index is 2.39. The van der Waals surface area contributed by atoms with Crippen molar-refractivity contribution in [2.75, 3.05) is 6.61 Å². The fourth-order valence-corrected chi connectivity index (χ4v) is 1.14. The highest BCUT2D eigenvalue weighted by molar-refractivity contribution is 7.47. The molecule has 1 N–H and O–H groups in total. The summed E-state index contributed by atoms with van der Waals surface area (Å²) in [5, 5.41) is 0. The molecule has 1 rings (SSSR count). The smallest absolute Gasteiger partial charge is 0.327 e. The van der Waals surface area contributed by atoms with Crippen LogP contribution in [0.2, 0.25) is 0 Å². The van der Waals surface area contributed by atoms with Gasteiger partial charge in [-0.05, 0) is 19.1 Å². The molecule has 0 saturated heterocycles. The molecular weight excluding hydrogens is 223 g/mol. The predicted molar refractivity (Wildman–Crippen MR) is 50.7 cm³/mol. The first kappa shape index (κ1) is 12.2. The zero-order chi connectivity index (χ0) is 11.1. The average molecular weight is 234 g/mol. The Hall–Kier alpha value is -0.910. The number of para-hydroxylation sites is 1. The molecule has 0 amide bonds. The molecule has 6 nitrogen and oxygen atoms in total. The van der Waals surface area contributed by atoms with Gasteiger partial charge < -0.3 is 4.89 Å². The molecule has 0 aliphatic rings. The van der Waals surface area contributed by atoms with E-state index in [1.165, 1.54) is 0 Å². The maximum absolute atomic E-state index is 11.0. The molecule has 0 radical (unpaired) electrons. The van der Waals surface area contributed by atoms with Crippen LogP contribution in [-0.4, -0.2) is 11.5 Å². The van der Waals surface area contributed by atoms with Crippen molar-refractivity contribution in [1.82, 2.24) is 0 Å². The molecule has 0 aliphatic heterocycles. The lowest BCUT2D eigenvalue weighted by molar-refractivity contribution is -0.246. The summed E-state index contributed by atoms with van der Waals surface area (Å²) < 4.78 is 19.3. The van der Waals surface area contributed by atoms with Crippen LogP contribution in [0.15, 0.2) is 30.3 Å². The Bertz CT molecular complexity index is 327. The predicted octanol–water partition coefficient (Wildman–Crippen LogP) is 2.07. The minimum Gasteiger partial charge on any atom is -0.327 e. The Morgan fingerprint density at radius 1 is 1.27 bits per heavy atom. The maximum atomic E-state index is 11.0. The summed E-state index contributed by atoms with van der Waals surface area (Å²) in [5.74, 6) is 0.284. The third-order valence-electron chi connectivity index (χ3n) is 1.24. The molecule has 0 bridgehead atoms. The normalized spacial score (nSPS) is 14.5. The summed E-state index contributed by atoms with van der Waals surface area (Å²) in [6.45, 7) is 1.72. The number of hydrogen-bond acceptors (Lipinski definition) is 5. The standard InChI is InChI=1S/C8H11O6P/c1-2-11-13-15(9,10)14-12-8-6-4-3-5-7-8/h3-7H,2H2,1H3,(H,9,10). The molecule has 0 fully saturated rings. The van der Waals surface area contributed by atoms with Crippen molar-refractivity contribution in [2.45, 2.75) is 6.92 Å². The van der Waals surface area contributed by atoms with Crippen molar-refractivity contribution in [1.29, 1.82) is 0 Å². The molecule has 1 aromatic rings. The largest absolute Gasteiger partial charge is 0.535 e. The molecule has 0 saturated carbocycles. The second kappa shape index (κ2) is 5.85. The zero-order valence-corrected chi connectivity index (χ0v) is 8.92. The Kier molecular flexibility index (Phi) is 4.74. The Morgan fingerprint density at radius 2 is 1.93 bits per heavy atom. The van der Waals surface area contributed by atoms with Gasteiger partial charge in [0.05, 0.1) is 6.61 Å². The third-order valence-corrected chi connectivity index (χ3v) is 1.79. The summed E-state index contributed by atoms with van der Waals surface area (Å²) in [6, 6.07) is 8.25. The Labute approximate surface area is 86.8 Å². The monoisotopic (exact) mass is 234 g/mol. The molecule has 0 aliphatic carbocycles. The maximum Gasteiger partial charge on any atom is 0.535 e. The van der Waals surface area contributed by atoms with Crippen LogP contribution in [0.25, 0.3) is 0 Å². The Morgan fingerprint density at radius 3 is 2.53 bits per heavy atom. The highest BCUT2D eigenvalue weighted by Gasteiger charge is 2.25. The zero-order valence-electron chi connectivity index (χ0n) is 8.03. The van der Waals surface area contributed by atoms with Crippen LogP contribution in [0.1, 0.15) is 6.92 Å². The van der Waals surface area contributed by atoms with Gasteiger partial charge in [0.25, 0.3) is 0 Å². The van der Waals surface area contributed by atoms with Crippen molar-refractivity contribution in [3.05, 3.63) is 30.3 Å². The van der Waals surface area contributed by atoms with Crippen molar-refractivity contribution >= 4 is 7.82 Å². The van der Waals surface area contributed by atoms with Gasteiger partial charge in [-0.2, -0.15) is 0 Å². The molecule has 1 aromatic carbocycles. The van der Waals surface area contributed by atoms with Gasteiger partial charge in [-0.15, -0.1) is 4.67 Å². The number of rotatable bonds is 6. The third kappa shape index (κ3) is 4.92. The molecule has 1 unspecified atom stereocenters. The molecule has 1 atom stereocenters. The highest BCUT2D eigenvalue weighted by atomic mass is 31.2. The van der Waals surface area contributed by atoms with Crippen LogP contribution in [0.4, 0.5) is 0 Å². The summed E-state index contributed by atoms with van der Waals surface area (Å²) >= 11 is 0. The average Bonchev–Trinajstić information content (AvgIpc) is 2.25. The van der Waals surface area contributed by atoms with E-state index in [2.05, 4.69) is 19.1 Å². The second-order valence-electron chi connectivity index (χ2n) is 2.42. The van der Waals surface area contributed by atoms with Crippen LogP contribution in [-0.2, 0) is 18.8 Å². The summed E-state index contributed by atoms with van der Waals surface area (Å²) in [6.07, 6.45) is 0. The lowest BCUT2D eigenvalue weighted by Gasteiger charge is -2.09. The van der Waals surface area contributed by atoms with Crippen LogP contribution < -0.4 is 4.89 Å². The number of hydrogen-bond donors (Lipinski definition) is 1. The minimum absolute atomic E-state index is 0.124. The van der Waals surface area contributed by atoms with E-state index in [9.17, 15) is 4.57 Å².